The molecule has 36 heavy (non-hydrogen) atoms. The maximum Gasteiger partial charge on any atom is 0.247 e. The Bertz CT molecular complexity index is 1080. The van der Waals surface area contributed by atoms with Crippen LogP contribution in [0.3, 0.4) is 0 Å². The van der Waals surface area contributed by atoms with Crippen LogP contribution in [-0.4, -0.2) is 29.4 Å². The summed E-state index contributed by atoms with van der Waals surface area (Å²) in [6, 6.07) is 16.4. The van der Waals surface area contributed by atoms with Gasteiger partial charge in [0.05, 0.1) is 6.04 Å². The van der Waals surface area contributed by atoms with E-state index in [4.69, 9.17) is 0 Å². The number of carbonyl (C=O) groups is 1. The number of nitrogens with zero attached hydrogens (tertiary/aromatic N) is 1. The molecule has 1 aliphatic carbocycles. The molecular formula is C32H43N3O. The monoisotopic (exact) mass is 485 g/mol. The maximum atomic E-state index is 13.7. The highest BCUT2D eigenvalue weighted by Gasteiger charge is 2.37. The highest BCUT2D eigenvalue weighted by atomic mass is 16.2. The van der Waals surface area contributed by atoms with Crippen molar-refractivity contribution in [2.24, 2.45) is 11.8 Å². The predicted molar refractivity (Wildman–Crippen MR) is 152 cm³/mol. The lowest BCUT2D eigenvalue weighted by Crippen LogP contribution is -2.48. The van der Waals surface area contributed by atoms with Crippen LogP contribution >= 0.6 is 0 Å². The van der Waals surface area contributed by atoms with Crippen LogP contribution in [0.4, 0.5) is 5.69 Å². The Morgan fingerprint density at radius 1 is 0.917 bits per heavy atom. The summed E-state index contributed by atoms with van der Waals surface area (Å²) in [5, 5.41) is 7.02. The van der Waals surface area contributed by atoms with E-state index in [0.29, 0.717) is 11.8 Å². The SMILES string of the molecule is C=C(N[C@H](C(=C)N1CCC[C@H]1C(=O)Nc1ccccc1-c1ccccc1C)C1CCCCC1)C(C)C. The first-order valence-corrected chi connectivity index (χ1v) is 13.7. The van der Waals surface area contributed by atoms with Gasteiger partial charge in [0, 0.05) is 29.2 Å². The molecule has 2 atom stereocenters. The Labute approximate surface area is 217 Å². The van der Waals surface area contributed by atoms with E-state index in [1.165, 1.54) is 37.7 Å². The Balaban J connectivity index is 1.54. The van der Waals surface area contributed by atoms with E-state index in [-0.39, 0.29) is 18.0 Å². The predicted octanol–water partition coefficient (Wildman–Crippen LogP) is 7.29. The van der Waals surface area contributed by atoms with Crippen molar-refractivity contribution in [2.75, 3.05) is 11.9 Å². The van der Waals surface area contributed by atoms with Crippen molar-refractivity contribution in [3.05, 3.63) is 78.6 Å². The number of benzene rings is 2. The molecule has 2 aromatic rings. The van der Waals surface area contributed by atoms with Gasteiger partial charge in [-0.15, -0.1) is 0 Å². The largest absolute Gasteiger partial charge is 0.380 e. The van der Waals surface area contributed by atoms with E-state index in [1.807, 2.05) is 30.3 Å². The number of likely N-dealkylation sites (tertiary alicyclic amines) is 1. The molecule has 0 bridgehead atoms. The third kappa shape index (κ3) is 5.86. The van der Waals surface area contributed by atoms with Crippen molar-refractivity contribution in [1.29, 1.82) is 0 Å². The Hall–Kier alpha value is -3.01. The molecular weight excluding hydrogens is 442 g/mol. The smallest absolute Gasteiger partial charge is 0.247 e. The van der Waals surface area contributed by atoms with Gasteiger partial charge in [0.25, 0.3) is 0 Å². The zero-order valence-electron chi connectivity index (χ0n) is 22.4. The normalized spacial score (nSPS) is 19.2. The highest BCUT2D eigenvalue weighted by molar-refractivity contribution is 5.99. The fourth-order valence-corrected chi connectivity index (χ4v) is 5.79. The highest BCUT2D eigenvalue weighted by Crippen LogP contribution is 2.35. The second-order valence-electron chi connectivity index (χ2n) is 10.9. The maximum absolute atomic E-state index is 13.7. The summed E-state index contributed by atoms with van der Waals surface area (Å²) in [7, 11) is 0. The number of amides is 1. The zero-order valence-corrected chi connectivity index (χ0v) is 22.4. The minimum absolute atomic E-state index is 0.0553. The third-order valence-corrected chi connectivity index (χ3v) is 8.06. The molecule has 4 nitrogen and oxygen atoms in total. The Morgan fingerprint density at radius 2 is 1.58 bits per heavy atom. The van der Waals surface area contributed by atoms with Gasteiger partial charge in [-0.25, -0.2) is 0 Å². The van der Waals surface area contributed by atoms with Gasteiger partial charge in [-0.05, 0) is 61.6 Å². The van der Waals surface area contributed by atoms with Gasteiger partial charge in [0.15, 0.2) is 0 Å². The van der Waals surface area contributed by atoms with Crippen LogP contribution in [0.25, 0.3) is 11.1 Å². The molecule has 0 aromatic heterocycles. The average molecular weight is 486 g/mol. The number of nitrogens with one attached hydrogen (secondary N) is 2. The lowest BCUT2D eigenvalue weighted by molar-refractivity contribution is -0.119. The summed E-state index contributed by atoms with van der Waals surface area (Å²) >= 11 is 0. The first kappa shape index (κ1) is 26.1. The Kier molecular flexibility index (Phi) is 8.56. The van der Waals surface area contributed by atoms with Crippen molar-refractivity contribution >= 4 is 11.6 Å². The minimum atomic E-state index is -0.206. The van der Waals surface area contributed by atoms with Crippen LogP contribution in [-0.2, 0) is 4.79 Å². The molecule has 0 spiro atoms. The van der Waals surface area contributed by atoms with Crippen LogP contribution in [0, 0.1) is 18.8 Å². The van der Waals surface area contributed by atoms with Gasteiger partial charge >= 0.3 is 0 Å². The summed E-state index contributed by atoms with van der Waals surface area (Å²) in [6.07, 6.45) is 8.11. The molecule has 1 aliphatic heterocycles. The van der Waals surface area contributed by atoms with Gasteiger partial charge in [-0.2, -0.15) is 0 Å². The molecule has 4 rings (SSSR count). The number of anilines is 1. The summed E-state index contributed by atoms with van der Waals surface area (Å²) in [5.74, 6) is 0.951. The number of rotatable bonds is 9. The molecule has 1 saturated heterocycles. The van der Waals surface area contributed by atoms with E-state index in [0.717, 1.165) is 47.6 Å². The average Bonchev–Trinajstić information content (AvgIpc) is 3.38. The van der Waals surface area contributed by atoms with E-state index >= 15 is 0 Å². The molecule has 4 heteroatoms. The Morgan fingerprint density at radius 3 is 2.28 bits per heavy atom. The number of hydrogen-bond donors (Lipinski definition) is 2. The number of aryl methyl sites for hydroxylation is 1. The van der Waals surface area contributed by atoms with E-state index in [1.54, 1.807) is 0 Å². The molecule has 1 amide bonds. The van der Waals surface area contributed by atoms with E-state index < -0.39 is 0 Å². The van der Waals surface area contributed by atoms with Crippen LogP contribution in [0.15, 0.2) is 73.1 Å². The van der Waals surface area contributed by atoms with E-state index in [9.17, 15) is 4.79 Å². The van der Waals surface area contributed by atoms with Gasteiger partial charge in [0.2, 0.25) is 5.91 Å². The standard InChI is InChI=1S/C32H43N3O/c1-22(2)24(4)33-31(26-15-7-6-8-16-26)25(5)35-21-13-20-30(35)32(36)34-29-19-12-11-18-28(29)27-17-10-9-14-23(27)3/h9-12,14,17-19,22,26,30-31,33H,4-8,13,15-16,20-21H2,1-3H3,(H,34,36)/t30-,31+/m0/s1. The fourth-order valence-electron chi connectivity index (χ4n) is 5.79. The quantitative estimate of drug-likeness (QED) is 0.392. The van der Waals surface area contributed by atoms with Gasteiger partial charge < -0.3 is 15.5 Å². The molecule has 0 unspecified atom stereocenters. The van der Waals surface area contributed by atoms with Crippen molar-refractivity contribution in [3.63, 3.8) is 0 Å². The summed E-state index contributed by atoms with van der Waals surface area (Å²) in [4.78, 5) is 16.0. The number of hydrogen-bond acceptors (Lipinski definition) is 3. The summed E-state index contributed by atoms with van der Waals surface area (Å²) in [5.41, 5.74) is 6.37. The van der Waals surface area contributed by atoms with Gasteiger partial charge in [-0.1, -0.05) is 88.7 Å². The topological polar surface area (TPSA) is 44.4 Å². The van der Waals surface area contributed by atoms with Crippen LogP contribution in [0.5, 0.6) is 0 Å². The minimum Gasteiger partial charge on any atom is -0.380 e. The van der Waals surface area contributed by atoms with Crippen LogP contribution < -0.4 is 10.6 Å². The fraction of sp³-hybridized carbons (Fsp3) is 0.469. The molecule has 192 valence electrons. The van der Waals surface area contributed by atoms with Crippen LogP contribution in [0.1, 0.15) is 64.4 Å². The number of carbonyl (C=O) groups excluding carboxylic acids is 1. The lowest BCUT2D eigenvalue weighted by atomic mass is 9.82. The molecule has 2 N–H and O–H groups in total. The van der Waals surface area contributed by atoms with Crippen molar-refractivity contribution in [2.45, 2.75) is 77.8 Å². The number of allylic oxidation sites excluding steroid dienone is 1. The van der Waals surface area contributed by atoms with E-state index in [2.05, 4.69) is 67.7 Å². The van der Waals surface area contributed by atoms with Gasteiger partial charge in [-0.3, -0.25) is 4.79 Å². The first-order chi connectivity index (χ1) is 17.4. The third-order valence-electron chi connectivity index (χ3n) is 8.06. The van der Waals surface area contributed by atoms with Gasteiger partial charge in [0.1, 0.15) is 6.04 Å². The van der Waals surface area contributed by atoms with Crippen LogP contribution in [0.2, 0.25) is 0 Å². The molecule has 0 radical (unpaired) electrons. The second kappa shape index (κ2) is 11.8. The first-order valence-electron chi connectivity index (χ1n) is 13.7. The van der Waals surface area contributed by atoms with Crippen molar-refractivity contribution in [1.82, 2.24) is 10.2 Å². The van der Waals surface area contributed by atoms with Crippen molar-refractivity contribution in [3.8, 4) is 11.1 Å². The second-order valence-corrected chi connectivity index (χ2v) is 10.9. The molecule has 1 heterocycles. The summed E-state index contributed by atoms with van der Waals surface area (Å²) < 4.78 is 0. The molecule has 2 fully saturated rings. The zero-order chi connectivity index (χ0) is 25.7. The molecule has 2 aliphatic rings. The number of para-hydroxylation sites is 1. The molecule has 1 saturated carbocycles. The lowest BCUT2D eigenvalue weighted by Gasteiger charge is -2.39. The summed E-state index contributed by atoms with van der Waals surface area (Å²) in [6.45, 7) is 16.2. The van der Waals surface area contributed by atoms with Crippen molar-refractivity contribution < 1.29 is 4.79 Å². The molecule has 2 aromatic carbocycles.